The van der Waals surface area contributed by atoms with Crippen molar-refractivity contribution in [3.05, 3.63) is 225 Å². The number of rotatable bonds is 20. The van der Waals surface area contributed by atoms with Gasteiger partial charge in [0.1, 0.15) is 0 Å². The van der Waals surface area contributed by atoms with Crippen LogP contribution >= 0.6 is 15.9 Å². The molecule has 10 heterocycles. The first-order chi connectivity index (χ1) is 55.0. The number of aromatic nitrogens is 10. The number of pyridine rings is 2. The summed E-state index contributed by atoms with van der Waals surface area (Å²) in [6.45, 7) is 16.2. The average molecular weight is 1580 g/mol. The van der Waals surface area contributed by atoms with Gasteiger partial charge in [-0.1, -0.05) is 88.7 Å². The van der Waals surface area contributed by atoms with Gasteiger partial charge in [0.2, 0.25) is 23.6 Å². The molecule has 4 aliphatic heterocycles. The van der Waals surface area contributed by atoms with Crippen LogP contribution in [0.15, 0.2) is 175 Å². The van der Waals surface area contributed by atoms with E-state index in [1.165, 1.54) is 74.1 Å². The molecule has 4 amide bonds. The van der Waals surface area contributed by atoms with Gasteiger partial charge in [0, 0.05) is 208 Å². The summed E-state index contributed by atoms with van der Waals surface area (Å²) in [5.41, 5.74) is 21.3. The van der Waals surface area contributed by atoms with Crippen LogP contribution in [-0.4, -0.2) is 124 Å². The fraction of sp³-hybridized carbons (Fsp3) is 0.371. The average Bonchev–Trinajstić information content (AvgIpc) is 1.65. The van der Waals surface area contributed by atoms with Crippen molar-refractivity contribution in [3.63, 3.8) is 0 Å². The Morgan fingerprint density at radius 3 is 1.00 bits per heavy atom. The maximum Gasteiger partial charge on any atom is 0.219 e. The topological polar surface area (TPSA) is 247 Å². The zero-order valence-corrected chi connectivity index (χ0v) is 66.5. The molecule has 113 heavy (non-hydrogen) atoms. The van der Waals surface area contributed by atoms with Crippen LogP contribution in [0.1, 0.15) is 130 Å². The summed E-state index contributed by atoms with van der Waals surface area (Å²) < 4.78 is 9.73. The normalized spacial score (nSPS) is 16.0. The number of aliphatic hydroxyl groups excluding tert-OH is 1. The molecule has 24 heteroatoms. The summed E-state index contributed by atoms with van der Waals surface area (Å²) in [4.78, 5) is 63.6. The number of aliphatic hydroxyl groups is 1. The Morgan fingerprint density at radius 2 is 0.690 bits per heavy atom. The molecule has 582 valence electrons. The minimum Gasteiger partial charge on any atom is -0.392 e. The maximum absolute atomic E-state index is 12.0. The van der Waals surface area contributed by atoms with E-state index in [-0.39, 0.29) is 30.2 Å². The number of amides is 4. The number of hydrogen-bond donors (Lipinski definition) is 5. The molecule has 4 saturated carbocycles. The van der Waals surface area contributed by atoms with Crippen LogP contribution < -0.4 is 21.3 Å². The van der Waals surface area contributed by atoms with Crippen LogP contribution in [0.5, 0.6) is 0 Å². The molecule has 0 spiro atoms. The Labute approximate surface area is 668 Å². The fourth-order valence-electron chi connectivity index (χ4n) is 15.5. The smallest absolute Gasteiger partial charge is 0.219 e. The third-order valence-electron chi connectivity index (χ3n) is 22.8. The predicted molar refractivity (Wildman–Crippen MR) is 443 cm³/mol. The molecule has 4 aliphatic carbocycles. The van der Waals surface area contributed by atoms with Crippen molar-refractivity contribution in [2.24, 2.45) is 23.7 Å². The van der Waals surface area contributed by atoms with Gasteiger partial charge in [-0.2, -0.15) is 20.4 Å². The van der Waals surface area contributed by atoms with E-state index in [9.17, 15) is 24.3 Å². The quantitative estimate of drug-likeness (QED) is 0.0476. The molecule has 4 fully saturated rings. The van der Waals surface area contributed by atoms with Crippen LogP contribution in [0.3, 0.4) is 0 Å². The van der Waals surface area contributed by atoms with Crippen molar-refractivity contribution in [2.75, 3.05) is 47.4 Å². The zero-order valence-electron chi connectivity index (χ0n) is 64.9. The van der Waals surface area contributed by atoms with Gasteiger partial charge in [-0.05, 0) is 181 Å². The van der Waals surface area contributed by atoms with E-state index in [2.05, 4.69) is 120 Å². The highest BCUT2D eigenvalue weighted by atomic mass is 79.9. The largest absolute Gasteiger partial charge is 0.392 e. The van der Waals surface area contributed by atoms with Crippen molar-refractivity contribution >= 4 is 85.6 Å². The van der Waals surface area contributed by atoms with E-state index in [0.717, 1.165) is 213 Å². The molecule has 6 aromatic heterocycles. The van der Waals surface area contributed by atoms with Gasteiger partial charge in [-0.15, -0.1) is 0 Å². The third kappa shape index (κ3) is 18.8. The van der Waals surface area contributed by atoms with E-state index in [0.29, 0.717) is 26.2 Å². The van der Waals surface area contributed by atoms with E-state index in [1.807, 2.05) is 129 Å². The minimum atomic E-state index is 0.0494. The van der Waals surface area contributed by atoms with E-state index in [4.69, 9.17) is 20.4 Å². The van der Waals surface area contributed by atoms with Crippen LogP contribution in [-0.2, 0) is 104 Å². The van der Waals surface area contributed by atoms with Crippen molar-refractivity contribution in [1.82, 2.24) is 68.7 Å². The van der Waals surface area contributed by atoms with Crippen LogP contribution in [0.2, 0.25) is 0 Å². The van der Waals surface area contributed by atoms with Crippen LogP contribution in [0.25, 0.3) is 33.4 Å². The maximum atomic E-state index is 12.0. The Hall–Kier alpha value is -11.2. The second-order valence-electron chi connectivity index (χ2n) is 31.4. The van der Waals surface area contributed by atoms with Gasteiger partial charge in [0.15, 0.2) is 23.3 Å². The number of carbonyl (C=O) groups excluding carboxylic acids is 4. The summed E-state index contributed by atoms with van der Waals surface area (Å²) in [6, 6.07) is 49.0. The van der Waals surface area contributed by atoms with Gasteiger partial charge in [-0.25, -0.2) is 0 Å². The molecule has 0 radical (unpaired) electrons. The molecule has 5 N–H and O–H groups in total. The highest BCUT2D eigenvalue weighted by molar-refractivity contribution is 9.10. The summed E-state index contributed by atoms with van der Waals surface area (Å²) in [7, 11) is 0. The lowest BCUT2D eigenvalue weighted by Crippen LogP contribution is -2.34. The van der Waals surface area contributed by atoms with E-state index in [1.54, 1.807) is 33.9 Å². The van der Waals surface area contributed by atoms with Crippen molar-refractivity contribution in [3.8, 4) is 33.4 Å². The fourth-order valence-corrected chi connectivity index (χ4v) is 15.9. The highest BCUT2D eigenvalue weighted by Crippen LogP contribution is 2.41. The summed E-state index contributed by atoms with van der Waals surface area (Å²) >= 11 is 3.51. The van der Waals surface area contributed by atoms with Gasteiger partial charge in [0.05, 0.1) is 32.8 Å². The molecule has 11 aromatic rings. The van der Waals surface area contributed by atoms with E-state index < -0.39 is 0 Å². The lowest BCUT2D eigenvalue weighted by atomic mass is 10.0. The van der Waals surface area contributed by atoms with Gasteiger partial charge in [-0.3, -0.25) is 47.9 Å². The standard InChI is InChI=1S/C25H28N4O2.2C23H25N5O.C18H21BrN4O/c1-17(31)28-12-11-24-23(15-28)25(27-29(24)14-18-5-6-18)26-22-4-2-3-21(13-22)20-9-7-19(16-30)8-10-20;1-16(29)27-11-9-22-21(15-27)23(26-28(22)14-17-7-8-17)25-20-6-2-4-18(12-20)19-5-3-10-24-13-19;1-16(29)27-12-9-22-21(15-27)23(26-28(22)14-17-5-6-17)25-20-4-2-3-19(13-20)18-7-10-24-11-8-18;1-12(24)22-8-7-17-16(11-22)18(21-23(17)10-13-5-6-13)20-15-4-2-3-14(19)9-15/h2-4,7-10,13,18,30H,5-6,11-12,14-16H2,1H3,(H,26,27);2-6,10,12-13,17H,7-9,11,14-15H2,1H3,(H,25,26);2-4,7-8,10-11,13,17H,5-6,9,12,14-15H2,1H3,(H,25,26);2-4,9,13H,5-8,10-11H2,1H3,(H,20,21). The number of nitrogens with one attached hydrogen (secondary N) is 4. The molecule has 0 saturated heterocycles. The third-order valence-corrected chi connectivity index (χ3v) is 23.3. The number of benzene rings is 5. The van der Waals surface area contributed by atoms with E-state index >= 15 is 0 Å². The number of fused-ring (bicyclic) bond motifs is 4. The SMILES string of the molecule is CC(=O)N1CCc2c(c(Nc3cccc(-c4ccc(CO)cc4)c3)nn2CC2CC2)C1.CC(=O)N1CCc2c(c(Nc3cccc(-c4cccnc4)c3)nn2CC2CC2)C1.CC(=O)N1CCc2c(c(Nc3cccc(-c4ccncc4)c3)nn2CC2CC2)C1.CC(=O)N1CCc2c(c(Nc3cccc(Br)c3)nn2CC2CC2)C1. The minimum absolute atomic E-state index is 0.0494. The molecule has 19 rings (SSSR count). The Bertz CT molecular complexity index is 5080. The molecule has 0 atom stereocenters. The summed E-state index contributed by atoms with van der Waals surface area (Å²) in [5, 5.41) is 42.9. The molecule has 8 aliphatic rings. The second-order valence-corrected chi connectivity index (χ2v) is 32.4. The number of nitrogens with zero attached hydrogens (tertiary/aromatic N) is 14. The lowest BCUT2D eigenvalue weighted by molar-refractivity contribution is -0.130. The van der Waals surface area contributed by atoms with Crippen molar-refractivity contribution < 1.29 is 24.3 Å². The Kier molecular flexibility index (Phi) is 22.8. The number of halogens is 1. The van der Waals surface area contributed by atoms with Crippen molar-refractivity contribution in [1.29, 1.82) is 0 Å². The molecule has 23 nitrogen and oxygen atoms in total. The number of anilines is 8. The summed E-state index contributed by atoms with van der Waals surface area (Å²) in [5.74, 6) is 7.00. The molecular weight excluding hydrogens is 1480 g/mol. The molecule has 0 unspecified atom stereocenters. The first kappa shape index (κ1) is 75.8. The van der Waals surface area contributed by atoms with Crippen LogP contribution in [0, 0.1) is 23.7 Å². The molecule has 0 bridgehead atoms. The first-order valence-electron chi connectivity index (χ1n) is 40.1. The van der Waals surface area contributed by atoms with Gasteiger partial charge >= 0.3 is 0 Å². The molecular formula is C89H99BrN18O5. The lowest BCUT2D eigenvalue weighted by Gasteiger charge is -2.26. The summed E-state index contributed by atoms with van der Waals surface area (Å²) in [6.07, 6.45) is 21.1. The van der Waals surface area contributed by atoms with Gasteiger partial charge in [0.25, 0.3) is 0 Å². The highest BCUT2D eigenvalue weighted by Gasteiger charge is 2.35. The second kappa shape index (κ2) is 34.0. The first-order valence-corrected chi connectivity index (χ1v) is 40.9. The van der Waals surface area contributed by atoms with Gasteiger partial charge < -0.3 is 46.0 Å². The number of hydrogen-bond acceptors (Lipinski definition) is 15. The predicted octanol–water partition coefficient (Wildman–Crippen LogP) is 15.8. The van der Waals surface area contributed by atoms with Crippen LogP contribution in [0.4, 0.5) is 46.0 Å². The number of carbonyl (C=O) groups is 4. The zero-order chi connectivity index (χ0) is 77.6. The monoisotopic (exact) mass is 1580 g/mol. The van der Waals surface area contributed by atoms with Crippen molar-refractivity contribution in [2.45, 2.75) is 164 Å². The Morgan fingerprint density at radius 1 is 0.372 bits per heavy atom. The molecule has 5 aromatic carbocycles. The Balaban J connectivity index is 0.000000114.